The molecule has 0 radical (unpaired) electrons. The van der Waals surface area contributed by atoms with Gasteiger partial charge in [-0.15, -0.1) is 0 Å². The molecule has 2 aromatic carbocycles. The normalized spacial score (nSPS) is 11.6. The van der Waals surface area contributed by atoms with Crippen LogP contribution in [0.3, 0.4) is 0 Å². The van der Waals surface area contributed by atoms with Crippen molar-refractivity contribution in [1.29, 1.82) is 0 Å². The Morgan fingerprint density at radius 1 is 1.03 bits per heavy atom. The van der Waals surface area contributed by atoms with E-state index in [0.717, 1.165) is 12.1 Å². The number of hydrogen-bond acceptors (Lipinski definition) is 6. The number of nitrogens with one attached hydrogen (secondary N) is 1. The third-order valence-corrected chi connectivity index (χ3v) is 3.53. The van der Waals surface area contributed by atoms with Gasteiger partial charge in [0.25, 0.3) is 0 Å². The van der Waals surface area contributed by atoms with Crippen LogP contribution in [0.25, 0.3) is 0 Å². The molecule has 0 aliphatic carbocycles. The number of alkyl halides is 3. The van der Waals surface area contributed by atoms with E-state index in [0.29, 0.717) is 5.69 Å². The first-order valence-corrected chi connectivity index (χ1v) is 8.36. The molecule has 0 aliphatic heterocycles. The van der Waals surface area contributed by atoms with Crippen LogP contribution in [0.4, 0.5) is 23.7 Å². The predicted molar refractivity (Wildman–Crippen MR) is 101 cm³/mol. The summed E-state index contributed by atoms with van der Waals surface area (Å²) in [6.07, 6.45) is -2.93. The number of nitrogens with zero attached hydrogens (tertiary/aromatic N) is 3. The van der Waals surface area contributed by atoms with Crippen molar-refractivity contribution in [3.05, 3.63) is 78.2 Å². The number of benzene rings is 2. The number of rotatable bonds is 5. The van der Waals surface area contributed by atoms with Crippen LogP contribution in [-0.4, -0.2) is 21.9 Å². The number of nitrogens with two attached hydrogens (primary N) is 1. The van der Waals surface area contributed by atoms with Crippen molar-refractivity contribution in [1.82, 2.24) is 9.97 Å². The van der Waals surface area contributed by atoms with Crippen molar-refractivity contribution in [2.75, 3.05) is 5.32 Å². The number of hydrogen-bond donors (Lipinski definition) is 2. The van der Waals surface area contributed by atoms with Gasteiger partial charge in [0.1, 0.15) is 5.75 Å². The van der Waals surface area contributed by atoms with Gasteiger partial charge in [-0.3, -0.25) is 10.2 Å². The Bertz CT molecular complexity index is 1060. The fraction of sp³-hybridized carbons (Fsp3) is 0.0526. The molecular weight excluding hydrogens is 403 g/mol. The fourth-order valence-electron chi connectivity index (χ4n) is 2.22. The van der Waals surface area contributed by atoms with Crippen LogP contribution in [0, 0.1) is 0 Å². The minimum Gasteiger partial charge on any atom is -0.437 e. The van der Waals surface area contributed by atoms with E-state index in [1.807, 2.05) is 0 Å². The number of carbonyl (C=O) groups is 1. The monoisotopic (exact) mass is 417 g/mol. The van der Waals surface area contributed by atoms with Crippen molar-refractivity contribution in [2.24, 2.45) is 10.9 Å². The number of amides is 1. The van der Waals surface area contributed by atoms with Crippen LogP contribution in [0.1, 0.15) is 11.3 Å². The minimum atomic E-state index is -4.54. The van der Waals surface area contributed by atoms with Crippen LogP contribution < -0.4 is 15.8 Å². The summed E-state index contributed by atoms with van der Waals surface area (Å²) < 4.78 is 44.0. The molecule has 1 aromatic heterocycles. The van der Waals surface area contributed by atoms with Crippen molar-refractivity contribution in [3.63, 3.8) is 0 Å². The maximum atomic E-state index is 12.9. The smallest absolute Gasteiger partial charge is 0.437 e. The highest BCUT2D eigenvalue weighted by molar-refractivity contribution is 5.97. The van der Waals surface area contributed by atoms with Crippen LogP contribution in [0.5, 0.6) is 11.6 Å². The number of amidine groups is 1. The standard InChI is InChI=1S/C19H14F3N5O3/c20-19(21,22)12-5-4-8-14(11-12)29-17-15(24-9-10-25-17)16(23)27-30-18(28)26-13-6-2-1-3-7-13/h1-11H,(H2,23,27)(H,26,28). The quantitative estimate of drug-likeness (QED) is 0.279. The molecule has 1 heterocycles. The highest BCUT2D eigenvalue weighted by Gasteiger charge is 2.30. The largest absolute Gasteiger partial charge is 0.437 e. The number of halogens is 3. The summed E-state index contributed by atoms with van der Waals surface area (Å²) in [5.74, 6) is -0.722. The van der Waals surface area contributed by atoms with Gasteiger partial charge in [0, 0.05) is 18.1 Å². The SMILES string of the molecule is N/C(=N\OC(=O)Nc1ccccc1)c1nccnc1Oc1cccc(C(F)(F)F)c1. The van der Waals surface area contributed by atoms with E-state index in [-0.39, 0.29) is 23.2 Å². The Hall–Kier alpha value is -4.15. The molecule has 0 atom stereocenters. The molecule has 3 aromatic rings. The van der Waals surface area contributed by atoms with Gasteiger partial charge in [-0.05, 0) is 30.3 Å². The Morgan fingerprint density at radius 2 is 1.77 bits per heavy atom. The van der Waals surface area contributed by atoms with Crippen LogP contribution >= 0.6 is 0 Å². The summed E-state index contributed by atoms with van der Waals surface area (Å²) in [6.45, 7) is 0. The lowest BCUT2D eigenvalue weighted by Gasteiger charge is -2.11. The number of oxime groups is 1. The molecule has 0 fully saturated rings. The molecule has 0 saturated heterocycles. The van der Waals surface area contributed by atoms with Crippen molar-refractivity contribution in [2.45, 2.75) is 6.18 Å². The number of para-hydroxylation sites is 1. The van der Waals surface area contributed by atoms with E-state index in [4.69, 9.17) is 10.5 Å². The summed E-state index contributed by atoms with van der Waals surface area (Å²) in [5.41, 5.74) is 5.23. The first-order chi connectivity index (χ1) is 14.3. The van der Waals surface area contributed by atoms with Crippen molar-refractivity contribution in [3.8, 4) is 11.6 Å². The van der Waals surface area contributed by atoms with Gasteiger partial charge in [-0.2, -0.15) is 13.2 Å². The number of carbonyl (C=O) groups excluding carboxylic acids is 1. The molecule has 0 saturated carbocycles. The van der Waals surface area contributed by atoms with Gasteiger partial charge < -0.3 is 10.5 Å². The highest BCUT2D eigenvalue weighted by Crippen LogP contribution is 2.32. The summed E-state index contributed by atoms with van der Waals surface area (Å²) >= 11 is 0. The van der Waals surface area contributed by atoms with E-state index >= 15 is 0 Å². The fourth-order valence-corrected chi connectivity index (χ4v) is 2.22. The molecule has 30 heavy (non-hydrogen) atoms. The summed E-state index contributed by atoms with van der Waals surface area (Å²) in [7, 11) is 0. The molecule has 1 amide bonds. The van der Waals surface area contributed by atoms with Crippen LogP contribution in [-0.2, 0) is 11.0 Å². The Balaban J connectivity index is 1.74. The molecule has 8 nitrogen and oxygen atoms in total. The Morgan fingerprint density at radius 3 is 2.50 bits per heavy atom. The Labute approximate surface area is 168 Å². The van der Waals surface area contributed by atoms with Crippen LogP contribution in [0.15, 0.2) is 72.1 Å². The molecule has 3 N–H and O–H groups in total. The number of anilines is 1. The molecular formula is C19H14F3N5O3. The lowest BCUT2D eigenvalue weighted by molar-refractivity contribution is -0.137. The zero-order chi connectivity index (χ0) is 21.6. The number of ether oxygens (including phenoxy) is 1. The van der Waals surface area contributed by atoms with Gasteiger partial charge in [0.2, 0.25) is 5.88 Å². The molecule has 11 heteroatoms. The van der Waals surface area contributed by atoms with Crippen molar-refractivity contribution < 1.29 is 27.5 Å². The molecule has 0 bridgehead atoms. The maximum absolute atomic E-state index is 12.9. The van der Waals surface area contributed by atoms with E-state index in [2.05, 4.69) is 25.3 Å². The average Bonchev–Trinajstić information content (AvgIpc) is 2.73. The average molecular weight is 417 g/mol. The van der Waals surface area contributed by atoms with Gasteiger partial charge >= 0.3 is 12.3 Å². The first-order valence-electron chi connectivity index (χ1n) is 8.36. The van der Waals surface area contributed by atoms with Gasteiger partial charge in [0.05, 0.1) is 5.56 Å². The van der Waals surface area contributed by atoms with Gasteiger partial charge in [-0.1, -0.05) is 29.4 Å². The lowest BCUT2D eigenvalue weighted by Crippen LogP contribution is -2.19. The second kappa shape index (κ2) is 8.90. The lowest BCUT2D eigenvalue weighted by atomic mass is 10.2. The van der Waals surface area contributed by atoms with Crippen LogP contribution in [0.2, 0.25) is 0 Å². The molecule has 0 unspecified atom stereocenters. The topological polar surface area (TPSA) is 112 Å². The predicted octanol–water partition coefficient (Wildman–Crippen LogP) is 4.16. The van der Waals surface area contributed by atoms with E-state index in [1.165, 1.54) is 24.5 Å². The van der Waals surface area contributed by atoms with Crippen molar-refractivity contribution >= 4 is 17.6 Å². The maximum Gasteiger partial charge on any atom is 0.437 e. The summed E-state index contributed by atoms with van der Waals surface area (Å²) in [4.78, 5) is 24.3. The zero-order valence-corrected chi connectivity index (χ0v) is 15.1. The minimum absolute atomic E-state index is 0.123. The molecule has 3 rings (SSSR count). The third-order valence-electron chi connectivity index (χ3n) is 3.53. The van der Waals surface area contributed by atoms with Gasteiger partial charge in [0.15, 0.2) is 11.5 Å². The summed E-state index contributed by atoms with van der Waals surface area (Å²) in [5, 5.41) is 5.90. The van der Waals surface area contributed by atoms with E-state index in [9.17, 15) is 18.0 Å². The van der Waals surface area contributed by atoms with E-state index < -0.39 is 17.8 Å². The molecule has 154 valence electrons. The van der Waals surface area contributed by atoms with Gasteiger partial charge in [-0.25, -0.2) is 14.8 Å². The van der Waals surface area contributed by atoms with E-state index in [1.54, 1.807) is 30.3 Å². The summed E-state index contributed by atoms with van der Waals surface area (Å²) in [6, 6.07) is 12.7. The molecule has 0 spiro atoms. The third kappa shape index (κ3) is 5.44. The zero-order valence-electron chi connectivity index (χ0n) is 15.1. The number of aromatic nitrogens is 2. The second-order valence-electron chi connectivity index (χ2n) is 5.68. The second-order valence-corrected chi connectivity index (χ2v) is 5.68. The first kappa shape index (κ1) is 20.6. The molecule has 0 aliphatic rings. The Kier molecular flexibility index (Phi) is 6.11. The highest BCUT2D eigenvalue weighted by atomic mass is 19.4.